The summed E-state index contributed by atoms with van der Waals surface area (Å²) in [6, 6.07) is 15.8. The molecule has 1 fully saturated rings. The minimum absolute atomic E-state index is 0.0141. The van der Waals surface area contributed by atoms with Crippen LogP contribution in [-0.2, 0) is 15.3 Å². The van der Waals surface area contributed by atoms with Crippen LogP contribution in [0, 0.1) is 6.92 Å². The third kappa shape index (κ3) is 8.75. The number of benzene rings is 2. The van der Waals surface area contributed by atoms with Crippen molar-refractivity contribution >= 4 is 29.8 Å². The molecule has 0 heterocycles. The van der Waals surface area contributed by atoms with E-state index in [1.54, 1.807) is 30.1 Å². The second-order valence-corrected chi connectivity index (χ2v) is 9.02. The van der Waals surface area contributed by atoms with Gasteiger partial charge in [0.05, 0.1) is 12.0 Å². The number of ether oxygens (including phenoxy) is 1. The lowest BCUT2D eigenvalue weighted by molar-refractivity contribution is -0.124. The van der Waals surface area contributed by atoms with Crippen LogP contribution >= 0.6 is 11.8 Å². The molecule has 0 aliphatic heterocycles. The Morgan fingerprint density at radius 2 is 1.75 bits per heavy atom. The Bertz CT molecular complexity index is 892. The predicted octanol–water partition coefficient (Wildman–Crippen LogP) is 4.21. The molecule has 2 N–H and O–H groups in total. The van der Waals surface area contributed by atoms with Crippen molar-refractivity contribution in [2.45, 2.75) is 50.8 Å². The third-order valence-corrected chi connectivity index (χ3v) is 6.25. The van der Waals surface area contributed by atoms with E-state index in [1.807, 2.05) is 12.1 Å². The van der Waals surface area contributed by atoms with Crippen molar-refractivity contribution < 1.29 is 14.3 Å². The fourth-order valence-corrected chi connectivity index (χ4v) is 4.25. The van der Waals surface area contributed by atoms with Crippen molar-refractivity contribution in [1.29, 1.82) is 0 Å². The Kier molecular flexibility index (Phi) is 9.62. The Labute approximate surface area is 194 Å². The average Bonchev–Trinajstić information content (AvgIpc) is 2.80. The number of hydrogen-bond acceptors (Lipinski definition) is 5. The summed E-state index contributed by atoms with van der Waals surface area (Å²) in [5.74, 6) is 1.55. The van der Waals surface area contributed by atoms with Crippen LogP contribution in [0.4, 0.5) is 0 Å². The quantitative estimate of drug-likeness (QED) is 0.417. The maximum absolute atomic E-state index is 12.0. The predicted molar refractivity (Wildman–Crippen MR) is 130 cm³/mol. The highest BCUT2D eigenvalue weighted by Gasteiger charge is 2.15. The maximum atomic E-state index is 12.0. The molecule has 3 rings (SSSR count). The highest BCUT2D eigenvalue weighted by atomic mass is 32.2. The number of carbonyl (C=O) groups is 2. The molecule has 0 atom stereocenters. The van der Waals surface area contributed by atoms with Gasteiger partial charge in [0.25, 0.3) is 5.91 Å². The smallest absolute Gasteiger partial charge is 0.258 e. The molecule has 0 spiro atoms. The second kappa shape index (κ2) is 12.9. The lowest BCUT2D eigenvalue weighted by Gasteiger charge is -2.22. The third-order valence-electron chi connectivity index (χ3n) is 5.25. The molecule has 2 aromatic carbocycles. The van der Waals surface area contributed by atoms with Crippen LogP contribution in [0.3, 0.4) is 0 Å². The summed E-state index contributed by atoms with van der Waals surface area (Å²) in [5.41, 5.74) is 5.80. The second-order valence-electron chi connectivity index (χ2n) is 8.03. The van der Waals surface area contributed by atoms with E-state index in [4.69, 9.17) is 4.74 Å². The van der Waals surface area contributed by atoms with Gasteiger partial charge in [0.15, 0.2) is 6.61 Å². The van der Waals surface area contributed by atoms with Gasteiger partial charge in [0.2, 0.25) is 5.91 Å². The van der Waals surface area contributed by atoms with Crippen LogP contribution in [0.2, 0.25) is 0 Å². The summed E-state index contributed by atoms with van der Waals surface area (Å²) in [6.45, 7) is 2.07. The van der Waals surface area contributed by atoms with Gasteiger partial charge in [-0.05, 0) is 55.2 Å². The molecular formula is C25H31N3O3S. The molecule has 2 aromatic rings. The van der Waals surface area contributed by atoms with E-state index in [9.17, 15) is 9.59 Å². The van der Waals surface area contributed by atoms with Crippen LogP contribution in [0.25, 0.3) is 0 Å². The number of hydrazone groups is 1. The first-order valence-corrected chi connectivity index (χ1v) is 12.2. The van der Waals surface area contributed by atoms with Gasteiger partial charge in [-0.25, -0.2) is 5.43 Å². The maximum Gasteiger partial charge on any atom is 0.258 e. The van der Waals surface area contributed by atoms with E-state index >= 15 is 0 Å². The monoisotopic (exact) mass is 453 g/mol. The number of aryl methyl sites for hydroxylation is 1. The summed E-state index contributed by atoms with van der Waals surface area (Å²) in [7, 11) is 0. The number of thioether (sulfide) groups is 1. The van der Waals surface area contributed by atoms with Gasteiger partial charge in [-0.2, -0.15) is 5.10 Å². The molecule has 6 nitrogen and oxygen atoms in total. The summed E-state index contributed by atoms with van der Waals surface area (Å²) >= 11 is 1.55. The van der Waals surface area contributed by atoms with Crippen LogP contribution in [0.15, 0.2) is 53.6 Å². The van der Waals surface area contributed by atoms with E-state index in [-0.39, 0.29) is 24.5 Å². The first-order valence-electron chi connectivity index (χ1n) is 11.1. The van der Waals surface area contributed by atoms with Gasteiger partial charge in [-0.15, -0.1) is 11.8 Å². The zero-order chi connectivity index (χ0) is 22.6. The van der Waals surface area contributed by atoms with Crippen molar-refractivity contribution in [3.05, 3.63) is 65.2 Å². The van der Waals surface area contributed by atoms with Gasteiger partial charge in [0.1, 0.15) is 5.75 Å². The number of carbonyl (C=O) groups excluding carboxylic acids is 2. The average molecular weight is 454 g/mol. The number of rotatable bonds is 10. The molecule has 0 aromatic heterocycles. The fraction of sp³-hybridized carbons (Fsp3) is 0.400. The minimum atomic E-state index is -0.137. The molecule has 1 saturated carbocycles. The van der Waals surface area contributed by atoms with Crippen LogP contribution in [0.5, 0.6) is 5.75 Å². The Morgan fingerprint density at radius 3 is 2.47 bits per heavy atom. The molecule has 0 bridgehead atoms. The summed E-state index contributed by atoms with van der Waals surface area (Å²) in [5, 5.41) is 7.04. The molecule has 170 valence electrons. The van der Waals surface area contributed by atoms with Gasteiger partial charge >= 0.3 is 0 Å². The van der Waals surface area contributed by atoms with E-state index in [0.717, 1.165) is 24.2 Å². The van der Waals surface area contributed by atoms with Crippen molar-refractivity contribution in [3.8, 4) is 5.75 Å². The summed E-state index contributed by atoms with van der Waals surface area (Å²) in [4.78, 5) is 23.9. The molecule has 7 heteroatoms. The first kappa shape index (κ1) is 23.9. The lowest BCUT2D eigenvalue weighted by atomic mass is 9.95. The Morgan fingerprint density at radius 1 is 1.03 bits per heavy atom. The van der Waals surface area contributed by atoms with Crippen molar-refractivity contribution in [2.24, 2.45) is 5.10 Å². The van der Waals surface area contributed by atoms with E-state index in [0.29, 0.717) is 11.5 Å². The summed E-state index contributed by atoms with van der Waals surface area (Å²) in [6.07, 6.45) is 7.32. The zero-order valence-corrected chi connectivity index (χ0v) is 19.3. The van der Waals surface area contributed by atoms with Crippen LogP contribution < -0.4 is 15.5 Å². The van der Waals surface area contributed by atoms with E-state index in [1.165, 1.54) is 30.4 Å². The Hall–Kier alpha value is -2.80. The number of nitrogens with zero attached hydrogens (tertiary/aromatic N) is 1. The highest BCUT2D eigenvalue weighted by molar-refractivity contribution is 7.99. The molecule has 0 unspecified atom stereocenters. The normalized spacial score (nSPS) is 14.3. The molecule has 0 saturated heterocycles. The zero-order valence-electron chi connectivity index (χ0n) is 18.5. The van der Waals surface area contributed by atoms with Gasteiger partial charge in [-0.1, -0.05) is 49.1 Å². The molecule has 2 amide bonds. The standard InChI is InChI=1S/C25H31N3O3S/c1-19-7-9-21(10-8-19)17-32-18-25(30)28-26-15-20-11-13-23(14-12-20)31-16-24(29)27-22-5-3-2-4-6-22/h7-15,22H,2-6,16-18H2,1H3,(H,27,29)(H,28,30)/b26-15-. The van der Waals surface area contributed by atoms with Crippen molar-refractivity contribution in [2.75, 3.05) is 12.4 Å². The van der Waals surface area contributed by atoms with Crippen LogP contribution in [-0.4, -0.2) is 36.4 Å². The summed E-state index contributed by atoms with van der Waals surface area (Å²) < 4.78 is 5.57. The van der Waals surface area contributed by atoms with Crippen molar-refractivity contribution in [1.82, 2.24) is 10.7 Å². The van der Waals surface area contributed by atoms with Crippen molar-refractivity contribution in [3.63, 3.8) is 0 Å². The lowest BCUT2D eigenvalue weighted by Crippen LogP contribution is -2.38. The topological polar surface area (TPSA) is 79.8 Å². The van der Waals surface area contributed by atoms with Crippen LogP contribution in [0.1, 0.15) is 48.8 Å². The molecule has 32 heavy (non-hydrogen) atoms. The van der Waals surface area contributed by atoms with E-state index in [2.05, 4.69) is 47.0 Å². The molecule has 1 aliphatic rings. The van der Waals surface area contributed by atoms with E-state index < -0.39 is 0 Å². The number of hydrogen-bond donors (Lipinski definition) is 2. The largest absolute Gasteiger partial charge is 0.484 e. The fourth-order valence-electron chi connectivity index (χ4n) is 3.47. The Balaban J connectivity index is 1.32. The molecule has 1 aliphatic carbocycles. The van der Waals surface area contributed by atoms with Gasteiger partial charge in [-0.3, -0.25) is 9.59 Å². The first-order chi connectivity index (χ1) is 15.6. The molecule has 0 radical (unpaired) electrons. The number of amides is 2. The van der Waals surface area contributed by atoms with Gasteiger partial charge in [0, 0.05) is 11.8 Å². The highest BCUT2D eigenvalue weighted by Crippen LogP contribution is 2.17. The van der Waals surface area contributed by atoms with Gasteiger partial charge < -0.3 is 10.1 Å². The molecular weight excluding hydrogens is 422 g/mol. The number of nitrogens with one attached hydrogen (secondary N) is 2. The SMILES string of the molecule is Cc1ccc(CSCC(=O)N/N=C\c2ccc(OCC(=O)NC3CCCCC3)cc2)cc1. The minimum Gasteiger partial charge on any atom is -0.484 e.